The van der Waals surface area contributed by atoms with Gasteiger partial charge in [0, 0.05) is 17.3 Å². The van der Waals surface area contributed by atoms with E-state index in [4.69, 9.17) is 28.9 Å². The van der Waals surface area contributed by atoms with Crippen molar-refractivity contribution in [2.24, 2.45) is 4.99 Å². The summed E-state index contributed by atoms with van der Waals surface area (Å²) in [5.74, 6) is 0.0753. The molecule has 0 aromatic heterocycles. The molecule has 4 N–H and O–H groups in total. The summed E-state index contributed by atoms with van der Waals surface area (Å²) >= 11 is 12.0. The number of benzene rings is 2. The van der Waals surface area contributed by atoms with Crippen molar-refractivity contribution in [2.75, 3.05) is 5.73 Å². The van der Waals surface area contributed by atoms with E-state index in [0.717, 1.165) is 0 Å². The molecule has 0 unspecified atom stereocenters. The molecule has 0 bridgehead atoms. The van der Waals surface area contributed by atoms with Gasteiger partial charge in [-0.15, -0.1) is 0 Å². The van der Waals surface area contributed by atoms with Crippen molar-refractivity contribution in [3.63, 3.8) is 0 Å². The Labute approximate surface area is 119 Å². The number of hydrogen-bond donors (Lipinski definition) is 3. The Bertz CT molecular complexity index is 657. The van der Waals surface area contributed by atoms with Gasteiger partial charge in [-0.2, -0.15) is 0 Å². The molecule has 0 aliphatic carbocycles. The first-order valence-corrected chi connectivity index (χ1v) is 6.04. The van der Waals surface area contributed by atoms with Gasteiger partial charge in [-0.3, -0.25) is 0 Å². The van der Waals surface area contributed by atoms with Crippen molar-refractivity contribution in [1.82, 2.24) is 0 Å². The lowest BCUT2D eigenvalue weighted by Crippen LogP contribution is -1.98. The Morgan fingerprint density at radius 2 is 1.68 bits per heavy atom. The summed E-state index contributed by atoms with van der Waals surface area (Å²) < 4.78 is 0. The Kier molecular flexibility index (Phi) is 3.83. The second-order valence-corrected chi connectivity index (χ2v) is 4.58. The Morgan fingerprint density at radius 1 is 1.05 bits per heavy atom. The number of phenols is 2. The smallest absolute Gasteiger partial charge is 0.139 e. The van der Waals surface area contributed by atoms with Crippen LogP contribution in [0.5, 0.6) is 11.5 Å². The van der Waals surface area contributed by atoms with Gasteiger partial charge in [-0.05, 0) is 30.3 Å². The fraction of sp³-hybridized carbons (Fsp3) is 0. The molecule has 2 rings (SSSR count). The van der Waals surface area contributed by atoms with Crippen molar-refractivity contribution in [1.29, 1.82) is 0 Å². The predicted molar refractivity (Wildman–Crippen MR) is 77.7 cm³/mol. The van der Waals surface area contributed by atoms with Crippen molar-refractivity contribution in [3.05, 3.63) is 47.0 Å². The molecule has 2 aromatic rings. The van der Waals surface area contributed by atoms with Gasteiger partial charge in [0.25, 0.3) is 0 Å². The minimum Gasteiger partial charge on any atom is -0.508 e. The normalized spacial score (nSPS) is 11.6. The van der Waals surface area contributed by atoms with Crippen LogP contribution in [0.15, 0.2) is 41.4 Å². The number of nitrogen functional groups attached to an aromatic ring is 1. The fourth-order valence-electron chi connectivity index (χ4n) is 1.48. The number of anilines is 1. The summed E-state index contributed by atoms with van der Waals surface area (Å²) in [6, 6.07) is 8.73. The molecule has 2 aromatic carbocycles. The first kappa shape index (κ1) is 13.5. The maximum absolute atomic E-state index is 9.42. The molecular weight excluding hydrogens is 287 g/mol. The molecule has 0 saturated heterocycles. The van der Waals surface area contributed by atoms with E-state index in [1.54, 1.807) is 0 Å². The predicted octanol–water partition coefficient (Wildman–Crippen LogP) is 3.65. The molecule has 0 amide bonds. The van der Waals surface area contributed by atoms with Crippen molar-refractivity contribution in [2.45, 2.75) is 0 Å². The first-order valence-electron chi connectivity index (χ1n) is 5.29. The molecule has 0 aliphatic heterocycles. The minimum atomic E-state index is 0.0364. The number of nitrogens with zero attached hydrogens (tertiary/aromatic N) is 1. The molecule has 0 atom stereocenters. The van der Waals surface area contributed by atoms with Gasteiger partial charge in [0.1, 0.15) is 16.7 Å². The van der Waals surface area contributed by atoms with Crippen LogP contribution in [0, 0.1) is 0 Å². The number of hydrogen-bond acceptors (Lipinski definition) is 4. The van der Waals surface area contributed by atoms with Crippen LogP contribution in [0.1, 0.15) is 5.56 Å². The summed E-state index contributed by atoms with van der Waals surface area (Å²) in [5.41, 5.74) is 6.95. The average molecular weight is 297 g/mol. The van der Waals surface area contributed by atoms with Gasteiger partial charge in [-0.1, -0.05) is 23.2 Å². The van der Waals surface area contributed by atoms with E-state index in [0.29, 0.717) is 16.9 Å². The van der Waals surface area contributed by atoms with Crippen LogP contribution in [0.3, 0.4) is 0 Å². The van der Waals surface area contributed by atoms with Gasteiger partial charge in [0.15, 0.2) is 0 Å². The Hall–Kier alpha value is -1.91. The van der Waals surface area contributed by atoms with Crippen LogP contribution < -0.4 is 5.73 Å². The highest BCUT2D eigenvalue weighted by atomic mass is 35.5. The number of aromatic hydroxyl groups is 2. The van der Waals surface area contributed by atoms with Crippen LogP contribution in [0.2, 0.25) is 5.02 Å². The molecule has 0 heterocycles. The Balaban J connectivity index is 2.45. The van der Waals surface area contributed by atoms with Crippen molar-refractivity contribution >= 4 is 39.7 Å². The molecular formula is C13H10Cl2N2O2. The van der Waals surface area contributed by atoms with Crippen LogP contribution >= 0.6 is 23.2 Å². The third-order valence-corrected chi connectivity index (χ3v) is 3.00. The number of nitrogens with two attached hydrogens (primary N) is 1. The van der Waals surface area contributed by atoms with E-state index in [1.807, 2.05) is 0 Å². The zero-order chi connectivity index (χ0) is 14.0. The SMILES string of the molecule is Nc1ccc(O)cc1C(Cl)=Nc1ccc(O)cc1Cl. The van der Waals surface area contributed by atoms with Crippen LogP contribution in [-0.2, 0) is 0 Å². The summed E-state index contributed by atoms with van der Waals surface area (Å²) in [5, 5.41) is 19.0. The van der Waals surface area contributed by atoms with E-state index in [9.17, 15) is 10.2 Å². The second-order valence-electron chi connectivity index (χ2n) is 3.81. The number of phenolic OH excluding ortho intramolecular Hbond substituents is 2. The lowest BCUT2D eigenvalue weighted by atomic mass is 10.2. The van der Waals surface area contributed by atoms with E-state index < -0.39 is 0 Å². The van der Waals surface area contributed by atoms with E-state index in [1.165, 1.54) is 36.4 Å². The van der Waals surface area contributed by atoms with E-state index in [2.05, 4.69) is 4.99 Å². The maximum Gasteiger partial charge on any atom is 0.139 e. The van der Waals surface area contributed by atoms with Gasteiger partial charge < -0.3 is 15.9 Å². The number of aliphatic imine (C=N–C) groups is 1. The number of halogens is 2. The second kappa shape index (κ2) is 5.38. The average Bonchev–Trinajstić information content (AvgIpc) is 2.35. The van der Waals surface area contributed by atoms with Gasteiger partial charge in [0.2, 0.25) is 0 Å². The van der Waals surface area contributed by atoms with E-state index >= 15 is 0 Å². The summed E-state index contributed by atoms with van der Waals surface area (Å²) in [4.78, 5) is 4.12. The molecule has 0 fully saturated rings. The zero-order valence-corrected chi connectivity index (χ0v) is 11.2. The topological polar surface area (TPSA) is 78.8 Å². The summed E-state index contributed by atoms with van der Waals surface area (Å²) in [6.45, 7) is 0. The molecule has 0 spiro atoms. The molecule has 0 saturated carbocycles. The van der Waals surface area contributed by atoms with Crippen LogP contribution in [0.4, 0.5) is 11.4 Å². The van der Waals surface area contributed by atoms with Crippen molar-refractivity contribution in [3.8, 4) is 11.5 Å². The largest absolute Gasteiger partial charge is 0.508 e. The standard InChI is InChI=1S/C13H10Cl2N2O2/c14-10-6-8(19)2-4-12(10)17-13(15)9-5-7(18)1-3-11(9)16/h1-6,18-19H,16H2. The third-order valence-electron chi connectivity index (χ3n) is 2.41. The monoisotopic (exact) mass is 296 g/mol. The van der Waals surface area contributed by atoms with Gasteiger partial charge in [0.05, 0.1) is 10.7 Å². The molecule has 4 nitrogen and oxygen atoms in total. The first-order chi connectivity index (χ1) is 8.97. The molecule has 0 aliphatic rings. The van der Waals surface area contributed by atoms with Crippen LogP contribution in [0.25, 0.3) is 0 Å². The lowest BCUT2D eigenvalue weighted by molar-refractivity contribution is 0.475. The molecule has 19 heavy (non-hydrogen) atoms. The highest BCUT2D eigenvalue weighted by Gasteiger charge is 2.08. The van der Waals surface area contributed by atoms with Crippen LogP contribution in [-0.4, -0.2) is 15.4 Å². The summed E-state index contributed by atoms with van der Waals surface area (Å²) in [7, 11) is 0. The lowest BCUT2D eigenvalue weighted by Gasteiger charge is -2.05. The van der Waals surface area contributed by atoms with E-state index in [-0.39, 0.29) is 21.7 Å². The fourth-order valence-corrected chi connectivity index (χ4v) is 1.95. The Morgan fingerprint density at radius 3 is 2.37 bits per heavy atom. The highest BCUT2D eigenvalue weighted by molar-refractivity contribution is 6.70. The van der Waals surface area contributed by atoms with Gasteiger partial charge in [-0.25, -0.2) is 4.99 Å². The number of rotatable bonds is 2. The quantitative estimate of drug-likeness (QED) is 0.450. The molecule has 98 valence electrons. The minimum absolute atomic E-state index is 0.0364. The molecule has 0 radical (unpaired) electrons. The zero-order valence-electron chi connectivity index (χ0n) is 9.64. The summed E-state index contributed by atoms with van der Waals surface area (Å²) in [6.07, 6.45) is 0. The van der Waals surface area contributed by atoms with Crippen molar-refractivity contribution < 1.29 is 10.2 Å². The maximum atomic E-state index is 9.42. The third kappa shape index (κ3) is 3.10. The highest BCUT2D eigenvalue weighted by Crippen LogP contribution is 2.30. The molecule has 6 heteroatoms. The van der Waals surface area contributed by atoms with Gasteiger partial charge >= 0.3 is 0 Å².